The van der Waals surface area contributed by atoms with E-state index in [9.17, 15) is 8.42 Å². The van der Waals surface area contributed by atoms with Gasteiger partial charge in [0.25, 0.3) is 0 Å². The minimum Gasteiger partial charge on any atom is -0.258 e. The molecule has 3 nitrogen and oxygen atoms in total. The fourth-order valence-corrected chi connectivity index (χ4v) is 3.67. The van der Waals surface area contributed by atoms with Crippen LogP contribution in [0, 0.1) is 0 Å². The maximum atomic E-state index is 12.4. The summed E-state index contributed by atoms with van der Waals surface area (Å²) in [6.07, 6.45) is 4.57. The normalized spacial score (nSPS) is 15.7. The molecule has 0 aliphatic carbocycles. The van der Waals surface area contributed by atoms with Crippen molar-refractivity contribution >= 4 is 21.1 Å². The maximum Gasteiger partial charge on any atom is 0.180 e. The van der Waals surface area contributed by atoms with Crippen molar-refractivity contribution in [1.29, 1.82) is 0 Å². The Morgan fingerprint density at radius 2 is 1.70 bits per heavy atom. The van der Waals surface area contributed by atoms with E-state index in [0.29, 0.717) is 11.3 Å². The molecule has 1 aromatic carbocycles. The minimum absolute atomic E-state index is 0.366. The third-order valence-electron chi connectivity index (χ3n) is 4.04. The molecule has 0 saturated heterocycles. The Balaban J connectivity index is 3.20. The van der Waals surface area contributed by atoms with Crippen molar-refractivity contribution < 1.29 is 8.42 Å². The summed E-state index contributed by atoms with van der Waals surface area (Å²) in [6, 6.07) is 7.09. The molecule has 0 spiro atoms. The fraction of sp³-hybridized carbons (Fsp3) is 0.421. The summed E-state index contributed by atoms with van der Waals surface area (Å²) in [5.41, 5.74) is 3.86. The van der Waals surface area contributed by atoms with E-state index in [1.165, 1.54) is 0 Å². The molecule has 126 valence electrons. The van der Waals surface area contributed by atoms with E-state index >= 15 is 0 Å². The highest BCUT2D eigenvalue weighted by atomic mass is 32.2. The first kappa shape index (κ1) is 19.4. The molecule has 1 unspecified atom stereocenters. The van der Waals surface area contributed by atoms with Gasteiger partial charge in [0, 0.05) is 11.4 Å². The second-order valence-electron chi connectivity index (χ2n) is 5.62. The lowest BCUT2D eigenvalue weighted by Gasteiger charge is -2.12. The molecule has 0 N–H and O–H groups in total. The topological polar surface area (TPSA) is 46.5 Å². The molecule has 1 atom stereocenters. The van der Waals surface area contributed by atoms with Crippen LogP contribution in [0.2, 0.25) is 0 Å². The summed E-state index contributed by atoms with van der Waals surface area (Å²) < 4.78 is 24.8. The Kier molecular flexibility index (Phi) is 6.95. The van der Waals surface area contributed by atoms with Gasteiger partial charge in [0.15, 0.2) is 9.84 Å². The van der Waals surface area contributed by atoms with Gasteiger partial charge in [-0.25, -0.2) is 8.42 Å². The molecule has 0 radical (unpaired) electrons. The predicted molar refractivity (Wildman–Crippen MR) is 99.6 cm³/mol. The van der Waals surface area contributed by atoms with E-state index in [0.717, 1.165) is 22.5 Å². The first-order chi connectivity index (χ1) is 10.8. The Morgan fingerprint density at radius 3 is 2.13 bits per heavy atom. The zero-order chi connectivity index (χ0) is 17.6. The summed E-state index contributed by atoms with van der Waals surface area (Å²) in [5, 5.41) is -0.366. The van der Waals surface area contributed by atoms with Gasteiger partial charge in [-0.15, -0.1) is 0 Å². The van der Waals surface area contributed by atoms with Crippen molar-refractivity contribution in [1.82, 2.24) is 0 Å². The number of hydrogen-bond acceptors (Lipinski definition) is 3. The van der Waals surface area contributed by atoms with Crippen molar-refractivity contribution in [3.8, 4) is 0 Å². The molecule has 0 amide bonds. The number of rotatable bonds is 6. The number of aliphatic imine (C=N–C) groups is 1. The second kappa shape index (κ2) is 8.25. The van der Waals surface area contributed by atoms with E-state index < -0.39 is 9.84 Å². The highest BCUT2D eigenvalue weighted by molar-refractivity contribution is 7.92. The van der Waals surface area contributed by atoms with E-state index in [2.05, 4.69) is 4.99 Å². The molecule has 23 heavy (non-hydrogen) atoms. The standard InChI is InChI=1S/C19H27NO2S/c1-7-14(4)20-16(6)19(9-3)17-10-12-18(13-11-17)23(21,22)15(5)8-2/h7,9-13,15H,8H2,1-6H3/b14-7-,19-9+,20-16+. The van der Waals surface area contributed by atoms with Crippen LogP contribution in [-0.2, 0) is 9.84 Å². The van der Waals surface area contributed by atoms with Crippen LogP contribution in [0.3, 0.4) is 0 Å². The van der Waals surface area contributed by atoms with Gasteiger partial charge in [0.2, 0.25) is 0 Å². The molecule has 4 heteroatoms. The number of allylic oxidation sites excluding steroid dienone is 4. The summed E-state index contributed by atoms with van der Waals surface area (Å²) in [6.45, 7) is 11.5. The fourth-order valence-electron chi connectivity index (χ4n) is 2.25. The van der Waals surface area contributed by atoms with Crippen LogP contribution in [0.4, 0.5) is 0 Å². The van der Waals surface area contributed by atoms with Crippen molar-refractivity contribution in [2.75, 3.05) is 0 Å². The smallest absolute Gasteiger partial charge is 0.180 e. The molecule has 0 fully saturated rings. The van der Waals surface area contributed by atoms with Crippen molar-refractivity contribution in [3.63, 3.8) is 0 Å². The van der Waals surface area contributed by atoms with E-state index in [1.807, 2.05) is 58.9 Å². The Hall–Kier alpha value is -1.68. The van der Waals surface area contributed by atoms with E-state index in [4.69, 9.17) is 0 Å². The molecule has 0 aromatic heterocycles. The lowest BCUT2D eigenvalue weighted by molar-refractivity contribution is 0.581. The van der Waals surface area contributed by atoms with Crippen LogP contribution >= 0.6 is 0 Å². The number of hydrogen-bond donors (Lipinski definition) is 0. The van der Waals surface area contributed by atoms with Gasteiger partial charge in [-0.1, -0.05) is 31.2 Å². The minimum atomic E-state index is -3.24. The lowest BCUT2D eigenvalue weighted by Crippen LogP contribution is -2.16. The Morgan fingerprint density at radius 1 is 1.13 bits per heavy atom. The molecule has 1 rings (SSSR count). The van der Waals surface area contributed by atoms with Gasteiger partial charge in [-0.3, -0.25) is 4.99 Å². The molecule has 0 aliphatic rings. The third kappa shape index (κ3) is 4.64. The monoisotopic (exact) mass is 333 g/mol. The zero-order valence-corrected chi connectivity index (χ0v) is 15.7. The second-order valence-corrected chi connectivity index (χ2v) is 7.98. The van der Waals surface area contributed by atoms with Crippen LogP contribution in [0.5, 0.6) is 0 Å². The molecule has 0 bridgehead atoms. The predicted octanol–water partition coefficient (Wildman–Crippen LogP) is 5.05. The van der Waals surface area contributed by atoms with E-state index in [-0.39, 0.29) is 5.25 Å². The Labute approximate surface area is 140 Å². The summed E-state index contributed by atoms with van der Waals surface area (Å²) in [5.74, 6) is 0. The molecule has 1 aromatic rings. The SMILES string of the molecule is C\C=C(C)/N=C(C)/C(=C\C)c1ccc(S(=O)(=O)C(C)CC)cc1. The Bertz CT molecular complexity index is 723. The van der Waals surface area contributed by atoms with Gasteiger partial charge in [-0.05, 0) is 64.3 Å². The van der Waals surface area contributed by atoms with Crippen molar-refractivity contribution in [2.24, 2.45) is 4.99 Å². The van der Waals surface area contributed by atoms with Gasteiger partial charge >= 0.3 is 0 Å². The van der Waals surface area contributed by atoms with Crippen LogP contribution in [0.25, 0.3) is 5.57 Å². The molecule has 0 saturated carbocycles. The largest absolute Gasteiger partial charge is 0.258 e. The van der Waals surface area contributed by atoms with Crippen LogP contribution in [-0.4, -0.2) is 19.4 Å². The molecular formula is C19H27NO2S. The molecular weight excluding hydrogens is 306 g/mol. The van der Waals surface area contributed by atoms with Gasteiger partial charge in [-0.2, -0.15) is 0 Å². The molecule has 0 aliphatic heterocycles. The molecule has 0 heterocycles. The average molecular weight is 333 g/mol. The maximum absolute atomic E-state index is 12.4. The summed E-state index contributed by atoms with van der Waals surface area (Å²) in [7, 11) is -3.24. The number of sulfone groups is 1. The first-order valence-corrected chi connectivity index (χ1v) is 9.51. The lowest BCUT2D eigenvalue weighted by atomic mass is 10.0. The highest BCUT2D eigenvalue weighted by Gasteiger charge is 2.21. The number of nitrogens with zero attached hydrogens (tertiary/aromatic N) is 1. The average Bonchev–Trinajstić information content (AvgIpc) is 2.54. The highest BCUT2D eigenvalue weighted by Crippen LogP contribution is 2.23. The first-order valence-electron chi connectivity index (χ1n) is 7.97. The van der Waals surface area contributed by atoms with E-state index in [1.54, 1.807) is 19.1 Å². The summed E-state index contributed by atoms with van der Waals surface area (Å²) in [4.78, 5) is 4.93. The van der Waals surface area contributed by atoms with Crippen LogP contribution in [0.1, 0.15) is 53.5 Å². The quantitative estimate of drug-likeness (QED) is 0.684. The van der Waals surface area contributed by atoms with Crippen LogP contribution in [0.15, 0.2) is 52.0 Å². The number of benzene rings is 1. The van der Waals surface area contributed by atoms with Gasteiger partial charge in [0.1, 0.15) is 0 Å². The van der Waals surface area contributed by atoms with Crippen molar-refractivity contribution in [2.45, 2.75) is 58.1 Å². The third-order valence-corrected chi connectivity index (χ3v) is 6.36. The van der Waals surface area contributed by atoms with Gasteiger partial charge < -0.3 is 0 Å². The van der Waals surface area contributed by atoms with Crippen LogP contribution < -0.4 is 0 Å². The zero-order valence-electron chi connectivity index (χ0n) is 14.9. The summed E-state index contributed by atoms with van der Waals surface area (Å²) >= 11 is 0. The van der Waals surface area contributed by atoms with Crippen molar-refractivity contribution in [3.05, 3.63) is 47.7 Å². The van der Waals surface area contributed by atoms with Gasteiger partial charge in [0.05, 0.1) is 10.1 Å².